The summed E-state index contributed by atoms with van der Waals surface area (Å²) in [7, 11) is 3.48. The summed E-state index contributed by atoms with van der Waals surface area (Å²) in [4.78, 5) is 30.4. The molecule has 0 spiro atoms. The van der Waals surface area contributed by atoms with Crippen LogP contribution in [-0.2, 0) is 11.2 Å². The van der Waals surface area contributed by atoms with Gasteiger partial charge in [-0.1, -0.05) is 30.3 Å². The highest BCUT2D eigenvalue weighted by molar-refractivity contribution is 5.81. The summed E-state index contributed by atoms with van der Waals surface area (Å²) in [5.74, 6) is 0.0102. The lowest BCUT2D eigenvalue weighted by Crippen LogP contribution is -2.53. The fourth-order valence-corrected chi connectivity index (χ4v) is 4.19. The molecule has 2 aliphatic rings. The summed E-state index contributed by atoms with van der Waals surface area (Å²) in [6, 6.07) is 10.00. The van der Waals surface area contributed by atoms with Gasteiger partial charge in [0, 0.05) is 46.7 Å². The van der Waals surface area contributed by atoms with Crippen LogP contribution in [-0.4, -0.2) is 77.6 Å². The molecule has 0 bridgehead atoms. The lowest BCUT2D eigenvalue weighted by Gasteiger charge is -2.41. The SMILES string of the molecule is CN(C)C(=O)N1CCC[C@H](C(=O)N2CCC(O)(Cc3ccccc3)CC2)C1. The van der Waals surface area contributed by atoms with Crippen molar-refractivity contribution in [3.8, 4) is 0 Å². The minimum atomic E-state index is -0.738. The van der Waals surface area contributed by atoms with Crippen molar-refractivity contribution in [2.75, 3.05) is 40.3 Å². The van der Waals surface area contributed by atoms with Crippen LogP contribution in [0.4, 0.5) is 4.79 Å². The number of nitrogens with zero attached hydrogens (tertiary/aromatic N) is 3. The molecule has 6 nitrogen and oxygen atoms in total. The molecule has 3 rings (SSSR count). The van der Waals surface area contributed by atoms with Gasteiger partial charge < -0.3 is 19.8 Å². The molecule has 1 aromatic carbocycles. The molecule has 6 heteroatoms. The van der Waals surface area contributed by atoms with E-state index in [4.69, 9.17) is 0 Å². The van der Waals surface area contributed by atoms with Gasteiger partial charge in [-0.05, 0) is 31.2 Å². The summed E-state index contributed by atoms with van der Waals surface area (Å²) >= 11 is 0. The van der Waals surface area contributed by atoms with E-state index in [1.54, 1.807) is 23.9 Å². The van der Waals surface area contributed by atoms with Gasteiger partial charge in [-0.15, -0.1) is 0 Å². The van der Waals surface area contributed by atoms with Crippen molar-refractivity contribution >= 4 is 11.9 Å². The van der Waals surface area contributed by atoms with Crippen LogP contribution in [0.3, 0.4) is 0 Å². The van der Waals surface area contributed by atoms with Crippen LogP contribution in [0.15, 0.2) is 30.3 Å². The van der Waals surface area contributed by atoms with E-state index < -0.39 is 5.60 Å². The number of urea groups is 1. The van der Waals surface area contributed by atoms with Crippen molar-refractivity contribution in [3.63, 3.8) is 0 Å². The van der Waals surface area contributed by atoms with Crippen LogP contribution in [0.5, 0.6) is 0 Å². The summed E-state index contributed by atoms with van der Waals surface area (Å²) in [5.41, 5.74) is 0.391. The van der Waals surface area contributed by atoms with E-state index >= 15 is 0 Å². The van der Waals surface area contributed by atoms with Crippen molar-refractivity contribution < 1.29 is 14.7 Å². The van der Waals surface area contributed by atoms with E-state index in [1.165, 1.54) is 0 Å². The smallest absolute Gasteiger partial charge is 0.319 e. The molecule has 0 saturated carbocycles. The molecule has 2 fully saturated rings. The van der Waals surface area contributed by atoms with Gasteiger partial charge in [0.15, 0.2) is 0 Å². The van der Waals surface area contributed by atoms with Crippen LogP contribution < -0.4 is 0 Å². The molecule has 0 unspecified atom stereocenters. The van der Waals surface area contributed by atoms with E-state index in [2.05, 4.69) is 0 Å². The summed E-state index contributed by atoms with van der Waals surface area (Å²) in [6.45, 7) is 2.39. The Labute approximate surface area is 161 Å². The van der Waals surface area contributed by atoms with Crippen molar-refractivity contribution in [1.29, 1.82) is 0 Å². The Hall–Kier alpha value is -2.08. The number of carbonyl (C=O) groups is 2. The predicted octanol–water partition coefficient (Wildman–Crippen LogP) is 1.98. The third-order valence-electron chi connectivity index (χ3n) is 5.81. The molecule has 148 valence electrons. The first kappa shape index (κ1) is 19.7. The Balaban J connectivity index is 1.54. The van der Waals surface area contributed by atoms with E-state index in [0.717, 1.165) is 24.9 Å². The first-order valence-electron chi connectivity index (χ1n) is 9.89. The van der Waals surface area contributed by atoms with Gasteiger partial charge in [-0.2, -0.15) is 0 Å². The first-order valence-corrected chi connectivity index (χ1v) is 9.89. The lowest BCUT2D eigenvalue weighted by molar-refractivity contribution is -0.141. The van der Waals surface area contributed by atoms with Gasteiger partial charge >= 0.3 is 6.03 Å². The number of hydrogen-bond acceptors (Lipinski definition) is 3. The highest BCUT2D eigenvalue weighted by atomic mass is 16.3. The fourth-order valence-electron chi connectivity index (χ4n) is 4.19. The number of likely N-dealkylation sites (tertiary alicyclic amines) is 2. The van der Waals surface area contributed by atoms with Crippen LogP contribution >= 0.6 is 0 Å². The minimum absolute atomic E-state index is 0.0246. The van der Waals surface area contributed by atoms with Gasteiger partial charge in [0.1, 0.15) is 0 Å². The lowest BCUT2D eigenvalue weighted by atomic mass is 9.84. The Kier molecular flexibility index (Phi) is 6.05. The number of aliphatic hydroxyl groups is 1. The summed E-state index contributed by atoms with van der Waals surface area (Å²) in [6.07, 6.45) is 3.52. The monoisotopic (exact) mass is 373 g/mol. The van der Waals surface area contributed by atoms with Crippen LogP contribution in [0.2, 0.25) is 0 Å². The van der Waals surface area contributed by atoms with Gasteiger partial charge in [0.25, 0.3) is 0 Å². The first-order chi connectivity index (χ1) is 12.9. The van der Waals surface area contributed by atoms with E-state index in [9.17, 15) is 14.7 Å². The zero-order valence-electron chi connectivity index (χ0n) is 16.4. The second kappa shape index (κ2) is 8.30. The van der Waals surface area contributed by atoms with Gasteiger partial charge in [-0.3, -0.25) is 4.79 Å². The van der Waals surface area contributed by atoms with Gasteiger partial charge in [0.2, 0.25) is 5.91 Å². The van der Waals surface area contributed by atoms with Crippen LogP contribution in [0.25, 0.3) is 0 Å². The Morgan fingerprint density at radius 3 is 2.41 bits per heavy atom. The Bertz CT molecular complexity index is 654. The van der Waals surface area contributed by atoms with Crippen molar-refractivity contribution in [3.05, 3.63) is 35.9 Å². The van der Waals surface area contributed by atoms with Crippen LogP contribution in [0.1, 0.15) is 31.2 Å². The van der Waals surface area contributed by atoms with Gasteiger partial charge in [-0.25, -0.2) is 4.79 Å². The number of hydrogen-bond donors (Lipinski definition) is 1. The molecular formula is C21H31N3O3. The van der Waals surface area contributed by atoms with Crippen LogP contribution in [0, 0.1) is 5.92 Å². The molecule has 27 heavy (non-hydrogen) atoms. The molecule has 1 atom stereocenters. The highest BCUT2D eigenvalue weighted by Gasteiger charge is 2.37. The molecule has 2 aliphatic heterocycles. The van der Waals surface area contributed by atoms with E-state index in [-0.39, 0.29) is 17.9 Å². The molecule has 3 amide bonds. The second-order valence-electron chi connectivity index (χ2n) is 8.17. The number of carbonyl (C=O) groups excluding carboxylic acids is 2. The average Bonchev–Trinajstić information content (AvgIpc) is 2.68. The summed E-state index contributed by atoms with van der Waals surface area (Å²) < 4.78 is 0. The number of amides is 3. The molecule has 0 aromatic heterocycles. The standard InChI is InChI=1S/C21H31N3O3/c1-22(2)20(26)24-12-6-9-18(16-24)19(25)23-13-10-21(27,11-14-23)15-17-7-4-3-5-8-17/h3-5,7-8,18,27H,6,9-16H2,1-2H3/t18-/m0/s1. The molecule has 1 aromatic rings. The third-order valence-corrected chi connectivity index (χ3v) is 5.81. The number of rotatable bonds is 3. The maximum absolute atomic E-state index is 13.0. The molecule has 0 aliphatic carbocycles. The fraction of sp³-hybridized carbons (Fsp3) is 0.619. The normalized spacial score (nSPS) is 22.4. The average molecular weight is 373 g/mol. The van der Waals surface area contributed by atoms with E-state index in [1.807, 2.05) is 35.2 Å². The van der Waals surface area contributed by atoms with Crippen molar-refractivity contribution in [1.82, 2.24) is 14.7 Å². The zero-order valence-corrected chi connectivity index (χ0v) is 16.4. The third kappa shape index (κ3) is 4.80. The number of piperidine rings is 2. The quantitative estimate of drug-likeness (QED) is 0.881. The summed E-state index contributed by atoms with van der Waals surface area (Å²) in [5, 5.41) is 10.9. The maximum Gasteiger partial charge on any atom is 0.319 e. The van der Waals surface area contributed by atoms with E-state index in [0.29, 0.717) is 38.9 Å². The Morgan fingerprint density at radius 2 is 1.78 bits per heavy atom. The molecule has 1 N–H and O–H groups in total. The molecule has 2 heterocycles. The highest BCUT2D eigenvalue weighted by Crippen LogP contribution is 2.28. The van der Waals surface area contributed by atoms with Crippen molar-refractivity contribution in [2.24, 2.45) is 5.92 Å². The number of benzene rings is 1. The maximum atomic E-state index is 13.0. The topological polar surface area (TPSA) is 64.1 Å². The minimum Gasteiger partial charge on any atom is -0.389 e. The Morgan fingerprint density at radius 1 is 1.11 bits per heavy atom. The van der Waals surface area contributed by atoms with Gasteiger partial charge in [0.05, 0.1) is 11.5 Å². The zero-order chi connectivity index (χ0) is 19.4. The largest absolute Gasteiger partial charge is 0.389 e. The molecular weight excluding hydrogens is 342 g/mol. The molecule has 2 saturated heterocycles. The predicted molar refractivity (Wildman–Crippen MR) is 104 cm³/mol. The van der Waals surface area contributed by atoms with Crippen molar-refractivity contribution in [2.45, 2.75) is 37.7 Å². The second-order valence-corrected chi connectivity index (χ2v) is 8.17. The molecule has 0 radical (unpaired) electrons.